The first-order chi connectivity index (χ1) is 19.0. The Morgan fingerprint density at radius 3 is 2.33 bits per heavy atom. The van der Waals surface area contributed by atoms with Gasteiger partial charge in [-0.15, -0.1) is 0 Å². The Balaban J connectivity index is 1.22. The van der Waals surface area contributed by atoms with Gasteiger partial charge in [0, 0.05) is 48.3 Å². The standard InChI is InChI=1S/C31H40BrClN4O3/c1-20-15-25(33)18-22-5-6-23-17-24(32)19-34-28(23)29(27(20)22)36-9-7-21(8-10-36)16-26(38)35-11-13-37(14-12-35)30(39)40-31(2,3)4/h15,17-19,21,29H,5-14,16H2,1-4H3. The lowest BCUT2D eigenvalue weighted by molar-refractivity contribution is -0.134. The van der Waals surface area contributed by atoms with Crippen LogP contribution in [0.25, 0.3) is 0 Å². The van der Waals surface area contributed by atoms with Crippen molar-refractivity contribution in [1.29, 1.82) is 0 Å². The topological polar surface area (TPSA) is 66.0 Å². The average Bonchev–Trinajstić information content (AvgIpc) is 3.05. The lowest BCUT2D eigenvalue weighted by atomic mass is 9.88. The van der Waals surface area contributed by atoms with E-state index >= 15 is 0 Å². The van der Waals surface area contributed by atoms with E-state index in [-0.39, 0.29) is 18.0 Å². The summed E-state index contributed by atoms with van der Waals surface area (Å²) in [6.45, 7) is 11.8. The van der Waals surface area contributed by atoms with Gasteiger partial charge in [-0.05, 0) is 129 Å². The first-order valence-corrected chi connectivity index (χ1v) is 15.6. The third-order valence-corrected chi connectivity index (χ3v) is 9.02. The molecular weight excluding hydrogens is 592 g/mol. The second kappa shape index (κ2) is 12.0. The zero-order chi connectivity index (χ0) is 28.6. The molecule has 9 heteroatoms. The van der Waals surface area contributed by atoms with Crippen LogP contribution in [0.4, 0.5) is 4.79 Å². The number of carbonyl (C=O) groups excluding carboxylic acids is 2. The monoisotopic (exact) mass is 630 g/mol. The molecule has 0 bridgehead atoms. The summed E-state index contributed by atoms with van der Waals surface area (Å²) in [4.78, 5) is 36.7. The van der Waals surface area contributed by atoms with Gasteiger partial charge in [0.2, 0.25) is 5.91 Å². The summed E-state index contributed by atoms with van der Waals surface area (Å²) in [7, 11) is 0. The number of fused-ring (bicyclic) bond motifs is 2. The molecule has 0 saturated carbocycles. The summed E-state index contributed by atoms with van der Waals surface area (Å²) in [6.07, 6.45) is 6.03. The Labute approximate surface area is 251 Å². The quantitative estimate of drug-likeness (QED) is 0.405. The van der Waals surface area contributed by atoms with Crippen molar-refractivity contribution in [3.8, 4) is 0 Å². The summed E-state index contributed by atoms with van der Waals surface area (Å²) in [5.41, 5.74) is 5.78. The Hall–Kier alpha value is -2.16. The Kier molecular flexibility index (Phi) is 8.79. The van der Waals surface area contributed by atoms with E-state index in [1.54, 1.807) is 4.90 Å². The number of aromatic nitrogens is 1. The number of piperidine rings is 1. The van der Waals surface area contributed by atoms with Gasteiger partial charge in [-0.3, -0.25) is 14.7 Å². The first-order valence-electron chi connectivity index (χ1n) is 14.4. The number of aryl methyl sites for hydroxylation is 3. The molecule has 3 aliphatic rings. The van der Waals surface area contributed by atoms with Gasteiger partial charge in [0.1, 0.15) is 5.60 Å². The van der Waals surface area contributed by atoms with Crippen molar-refractivity contribution < 1.29 is 14.3 Å². The highest BCUT2D eigenvalue weighted by molar-refractivity contribution is 9.10. The maximum absolute atomic E-state index is 13.2. The summed E-state index contributed by atoms with van der Waals surface area (Å²) >= 11 is 10.1. The smallest absolute Gasteiger partial charge is 0.410 e. The molecule has 2 saturated heterocycles. The molecule has 40 heavy (non-hydrogen) atoms. The zero-order valence-electron chi connectivity index (χ0n) is 24.0. The Bertz CT molecular complexity index is 1260. The van der Waals surface area contributed by atoms with Crippen molar-refractivity contribution in [3.05, 3.63) is 61.8 Å². The van der Waals surface area contributed by atoms with Crippen molar-refractivity contribution in [3.63, 3.8) is 0 Å². The number of halogens is 2. The predicted octanol–water partition coefficient (Wildman–Crippen LogP) is 6.18. The normalized spacial score (nSPS) is 20.5. The molecule has 1 aromatic heterocycles. The number of nitrogens with zero attached hydrogens (tertiary/aromatic N) is 4. The van der Waals surface area contributed by atoms with Gasteiger partial charge in [0.15, 0.2) is 0 Å². The van der Waals surface area contributed by atoms with Crippen molar-refractivity contribution in [2.24, 2.45) is 5.92 Å². The van der Waals surface area contributed by atoms with Gasteiger partial charge >= 0.3 is 6.09 Å². The molecule has 1 atom stereocenters. The molecule has 2 aromatic rings. The van der Waals surface area contributed by atoms with E-state index in [1.807, 2.05) is 31.9 Å². The van der Waals surface area contributed by atoms with E-state index in [2.05, 4.69) is 46.0 Å². The number of hydrogen-bond donors (Lipinski definition) is 0. The van der Waals surface area contributed by atoms with Crippen molar-refractivity contribution in [1.82, 2.24) is 19.7 Å². The lowest BCUT2D eigenvalue weighted by Crippen LogP contribution is -2.52. The van der Waals surface area contributed by atoms with Crippen LogP contribution < -0.4 is 0 Å². The lowest BCUT2D eigenvalue weighted by Gasteiger charge is -2.39. The largest absolute Gasteiger partial charge is 0.444 e. The molecule has 5 rings (SSSR count). The number of likely N-dealkylation sites (tertiary alicyclic amines) is 1. The van der Waals surface area contributed by atoms with Crippen LogP contribution in [0.3, 0.4) is 0 Å². The van der Waals surface area contributed by atoms with Crippen molar-refractivity contribution >= 4 is 39.5 Å². The van der Waals surface area contributed by atoms with Crippen molar-refractivity contribution in [2.75, 3.05) is 39.3 Å². The fraction of sp³-hybridized carbons (Fsp3) is 0.581. The second-order valence-corrected chi connectivity index (χ2v) is 13.8. The first kappa shape index (κ1) is 29.3. The zero-order valence-corrected chi connectivity index (χ0v) is 26.4. The highest BCUT2D eigenvalue weighted by Gasteiger charge is 2.35. The fourth-order valence-electron chi connectivity index (χ4n) is 6.38. The van der Waals surface area contributed by atoms with Crippen LogP contribution in [0.1, 0.15) is 74.0 Å². The van der Waals surface area contributed by atoms with E-state index < -0.39 is 5.60 Å². The average molecular weight is 632 g/mol. The molecule has 1 aliphatic carbocycles. The van der Waals surface area contributed by atoms with Crippen LogP contribution in [0.5, 0.6) is 0 Å². The Morgan fingerprint density at radius 2 is 1.65 bits per heavy atom. The van der Waals surface area contributed by atoms with Crippen LogP contribution in [0.15, 0.2) is 28.9 Å². The SMILES string of the molecule is Cc1cc(Cl)cc2c1C(N1CCC(CC(=O)N3CCN(C(=O)OC(C)(C)C)CC3)CC1)c1ncc(Br)cc1CC2. The number of ether oxygens (including phenoxy) is 1. The molecule has 7 nitrogen and oxygen atoms in total. The predicted molar refractivity (Wildman–Crippen MR) is 161 cm³/mol. The number of piperazine rings is 1. The minimum Gasteiger partial charge on any atom is -0.444 e. The molecule has 0 N–H and O–H groups in total. The van der Waals surface area contributed by atoms with Gasteiger partial charge in [-0.1, -0.05) is 11.6 Å². The maximum atomic E-state index is 13.2. The molecule has 1 aromatic carbocycles. The number of benzene rings is 1. The third kappa shape index (κ3) is 6.66. The number of pyridine rings is 1. The second-order valence-electron chi connectivity index (χ2n) is 12.4. The van der Waals surface area contributed by atoms with Crippen LogP contribution in [-0.2, 0) is 22.4 Å². The molecule has 2 amide bonds. The van der Waals surface area contributed by atoms with Gasteiger partial charge in [-0.2, -0.15) is 0 Å². The van der Waals surface area contributed by atoms with Gasteiger partial charge in [-0.25, -0.2) is 4.79 Å². The van der Waals surface area contributed by atoms with E-state index in [4.69, 9.17) is 21.3 Å². The van der Waals surface area contributed by atoms with Gasteiger partial charge in [0.25, 0.3) is 0 Å². The molecular formula is C31H40BrClN4O3. The minimum absolute atomic E-state index is 0.0930. The van der Waals surface area contributed by atoms with Crippen LogP contribution in [-0.4, -0.2) is 76.6 Å². The van der Waals surface area contributed by atoms with Crippen molar-refractivity contribution in [2.45, 2.75) is 71.4 Å². The van der Waals surface area contributed by atoms with Crippen LogP contribution in [0.2, 0.25) is 5.02 Å². The highest BCUT2D eigenvalue weighted by Crippen LogP contribution is 2.41. The molecule has 0 spiro atoms. The maximum Gasteiger partial charge on any atom is 0.410 e. The van der Waals surface area contributed by atoms with E-state index in [1.165, 1.54) is 22.3 Å². The number of amides is 2. The molecule has 216 valence electrons. The number of rotatable bonds is 3. The van der Waals surface area contributed by atoms with E-state index in [0.717, 1.165) is 54.0 Å². The Morgan fingerprint density at radius 1 is 1.00 bits per heavy atom. The number of hydrogen-bond acceptors (Lipinski definition) is 5. The molecule has 2 aliphatic heterocycles. The fourth-order valence-corrected chi connectivity index (χ4v) is 7.05. The minimum atomic E-state index is -0.515. The molecule has 3 heterocycles. The summed E-state index contributed by atoms with van der Waals surface area (Å²) in [5, 5.41) is 0.791. The van der Waals surface area contributed by atoms with E-state index in [9.17, 15) is 9.59 Å². The highest BCUT2D eigenvalue weighted by atomic mass is 79.9. The summed E-state index contributed by atoms with van der Waals surface area (Å²) < 4.78 is 6.50. The molecule has 0 radical (unpaired) electrons. The third-order valence-electron chi connectivity index (χ3n) is 8.36. The van der Waals surface area contributed by atoms with Crippen LogP contribution in [0, 0.1) is 12.8 Å². The summed E-state index contributed by atoms with van der Waals surface area (Å²) in [6, 6.07) is 6.51. The van der Waals surface area contributed by atoms with Gasteiger partial charge in [0.05, 0.1) is 11.7 Å². The van der Waals surface area contributed by atoms with Gasteiger partial charge < -0.3 is 14.5 Å². The summed E-state index contributed by atoms with van der Waals surface area (Å²) in [5.74, 6) is 0.561. The van der Waals surface area contributed by atoms with E-state index in [0.29, 0.717) is 38.5 Å². The van der Waals surface area contributed by atoms with Crippen LogP contribution >= 0.6 is 27.5 Å². The molecule has 2 fully saturated rings. The number of carbonyl (C=O) groups is 2. The molecule has 1 unspecified atom stereocenters.